The van der Waals surface area contributed by atoms with Crippen LogP contribution in [0.4, 0.5) is 4.39 Å². The molecule has 0 amide bonds. The predicted octanol–water partition coefficient (Wildman–Crippen LogP) is 3.48. The van der Waals surface area contributed by atoms with E-state index in [1.54, 1.807) is 30.3 Å². The van der Waals surface area contributed by atoms with E-state index in [9.17, 15) is 4.39 Å². The van der Waals surface area contributed by atoms with E-state index >= 15 is 0 Å². The number of nitriles is 1. The van der Waals surface area contributed by atoms with Crippen LogP contribution in [-0.2, 0) is 0 Å². The van der Waals surface area contributed by atoms with E-state index in [2.05, 4.69) is 0 Å². The number of furan rings is 1. The van der Waals surface area contributed by atoms with Crippen LogP contribution in [0.2, 0.25) is 0 Å². The van der Waals surface area contributed by atoms with Gasteiger partial charge in [-0.3, -0.25) is 0 Å². The molecule has 2 aromatic rings. The van der Waals surface area contributed by atoms with E-state index in [0.29, 0.717) is 5.76 Å². The number of hydrogen-bond acceptors (Lipinski definition) is 2. The molecule has 0 unspecified atom stereocenters. The summed E-state index contributed by atoms with van der Waals surface area (Å²) in [6, 6.07) is 11.5. The van der Waals surface area contributed by atoms with E-state index in [0.717, 1.165) is 0 Å². The molecule has 0 radical (unpaired) electrons. The normalized spacial score (nSPS) is 11.1. The van der Waals surface area contributed by atoms with Crippen LogP contribution in [0.15, 0.2) is 47.1 Å². The third-order valence-electron chi connectivity index (χ3n) is 2.11. The van der Waals surface area contributed by atoms with Crippen molar-refractivity contribution in [1.82, 2.24) is 0 Å². The molecule has 0 saturated carbocycles. The first-order valence-electron chi connectivity index (χ1n) is 4.71. The third-order valence-corrected chi connectivity index (χ3v) is 2.11. The van der Waals surface area contributed by atoms with Gasteiger partial charge in [-0.2, -0.15) is 5.26 Å². The Morgan fingerprint density at radius 1 is 1.25 bits per heavy atom. The maximum Gasteiger partial charge on any atom is 0.131 e. The maximum atomic E-state index is 13.4. The van der Waals surface area contributed by atoms with Crippen molar-refractivity contribution >= 4 is 11.6 Å². The highest BCUT2D eigenvalue weighted by Gasteiger charge is 2.07. The third kappa shape index (κ3) is 2.01. The average molecular weight is 213 g/mol. The van der Waals surface area contributed by atoms with E-state index in [-0.39, 0.29) is 11.1 Å². The molecule has 0 aliphatic heterocycles. The molecule has 0 bridgehead atoms. The SMILES string of the molecule is N#CC(=Cc1ccco1)c1ccccc1F. The summed E-state index contributed by atoms with van der Waals surface area (Å²) >= 11 is 0. The lowest BCUT2D eigenvalue weighted by molar-refractivity contribution is 0.557. The van der Waals surface area contributed by atoms with Gasteiger partial charge in [-0.1, -0.05) is 18.2 Å². The van der Waals surface area contributed by atoms with Crippen molar-refractivity contribution in [1.29, 1.82) is 5.26 Å². The largest absolute Gasteiger partial charge is 0.465 e. The van der Waals surface area contributed by atoms with Crippen LogP contribution in [0, 0.1) is 17.1 Å². The fraction of sp³-hybridized carbons (Fsp3) is 0. The van der Waals surface area contributed by atoms with Gasteiger partial charge >= 0.3 is 0 Å². The number of benzene rings is 1. The molecular formula is C13H8FNO. The molecule has 1 aromatic heterocycles. The fourth-order valence-corrected chi connectivity index (χ4v) is 1.37. The molecule has 0 spiro atoms. The lowest BCUT2D eigenvalue weighted by atomic mass is 10.1. The van der Waals surface area contributed by atoms with Gasteiger partial charge in [0.05, 0.1) is 17.9 Å². The summed E-state index contributed by atoms with van der Waals surface area (Å²) < 4.78 is 18.5. The minimum atomic E-state index is -0.415. The lowest BCUT2D eigenvalue weighted by Crippen LogP contribution is -1.86. The predicted molar refractivity (Wildman–Crippen MR) is 58.6 cm³/mol. The number of rotatable bonds is 2. The van der Waals surface area contributed by atoms with Gasteiger partial charge in [-0.25, -0.2) is 4.39 Å². The van der Waals surface area contributed by atoms with Gasteiger partial charge in [0.1, 0.15) is 11.6 Å². The van der Waals surface area contributed by atoms with Crippen LogP contribution in [0.3, 0.4) is 0 Å². The Bertz CT molecular complexity index is 550. The highest BCUT2D eigenvalue weighted by molar-refractivity contribution is 5.88. The molecule has 3 heteroatoms. The minimum absolute atomic E-state index is 0.244. The summed E-state index contributed by atoms with van der Waals surface area (Å²) in [5, 5.41) is 8.98. The van der Waals surface area contributed by atoms with Crippen molar-refractivity contribution in [2.45, 2.75) is 0 Å². The Kier molecular flexibility index (Phi) is 2.84. The zero-order valence-corrected chi connectivity index (χ0v) is 8.35. The fourth-order valence-electron chi connectivity index (χ4n) is 1.37. The van der Waals surface area contributed by atoms with E-state index in [4.69, 9.17) is 9.68 Å². The van der Waals surface area contributed by atoms with Crippen LogP contribution in [0.1, 0.15) is 11.3 Å². The smallest absolute Gasteiger partial charge is 0.131 e. The van der Waals surface area contributed by atoms with Gasteiger partial charge in [0, 0.05) is 5.56 Å². The number of allylic oxidation sites excluding steroid dienone is 1. The summed E-state index contributed by atoms with van der Waals surface area (Å²) in [4.78, 5) is 0. The highest BCUT2D eigenvalue weighted by atomic mass is 19.1. The minimum Gasteiger partial charge on any atom is -0.465 e. The van der Waals surface area contributed by atoms with Crippen molar-refractivity contribution in [3.8, 4) is 6.07 Å². The molecule has 78 valence electrons. The highest BCUT2D eigenvalue weighted by Crippen LogP contribution is 2.20. The van der Waals surface area contributed by atoms with Crippen molar-refractivity contribution in [2.75, 3.05) is 0 Å². The summed E-state index contributed by atoms with van der Waals surface area (Å²) in [6.07, 6.45) is 3.01. The second-order valence-corrected chi connectivity index (χ2v) is 3.17. The lowest BCUT2D eigenvalue weighted by Gasteiger charge is -1.99. The first-order chi connectivity index (χ1) is 7.81. The molecule has 1 aromatic carbocycles. The second kappa shape index (κ2) is 4.45. The molecule has 0 atom stereocenters. The monoisotopic (exact) mass is 213 g/mol. The van der Waals surface area contributed by atoms with Crippen molar-refractivity contribution in [3.05, 3.63) is 59.8 Å². The summed E-state index contributed by atoms with van der Waals surface area (Å²) in [5.74, 6) is 0.113. The molecular weight excluding hydrogens is 205 g/mol. The Labute approximate surface area is 92.2 Å². The zero-order chi connectivity index (χ0) is 11.4. The Balaban J connectivity index is 2.46. The molecule has 2 rings (SSSR count). The Morgan fingerprint density at radius 3 is 2.69 bits per heavy atom. The standard InChI is InChI=1S/C13H8FNO/c14-13-6-2-1-5-12(13)10(9-15)8-11-4-3-7-16-11/h1-8H. The first-order valence-corrected chi connectivity index (χ1v) is 4.71. The molecule has 0 N–H and O–H groups in total. The van der Waals surface area contributed by atoms with E-state index in [1.165, 1.54) is 18.4 Å². The van der Waals surface area contributed by atoms with Gasteiger partial charge in [0.25, 0.3) is 0 Å². The van der Waals surface area contributed by atoms with Crippen molar-refractivity contribution in [3.63, 3.8) is 0 Å². The van der Waals surface area contributed by atoms with Gasteiger partial charge in [-0.05, 0) is 24.3 Å². The number of halogens is 1. The van der Waals surface area contributed by atoms with Crippen LogP contribution < -0.4 is 0 Å². The van der Waals surface area contributed by atoms with Crippen LogP contribution >= 0.6 is 0 Å². The van der Waals surface area contributed by atoms with Crippen LogP contribution in [0.5, 0.6) is 0 Å². The maximum absolute atomic E-state index is 13.4. The average Bonchev–Trinajstić information content (AvgIpc) is 2.80. The van der Waals surface area contributed by atoms with Crippen LogP contribution in [0.25, 0.3) is 11.6 Å². The Hall–Kier alpha value is -2.34. The molecule has 2 nitrogen and oxygen atoms in total. The van der Waals surface area contributed by atoms with Gasteiger partial charge < -0.3 is 4.42 Å². The quantitative estimate of drug-likeness (QED) is 0.716. The molecule has 16 heavy (non-hydrogen) atoms. The number of nitrogens with zero attached hydrogens (tertiary/aromatic N) is 1. The molecule has 0 aliphatic carbocycles. The second-order valence-electron chi connectivity index (χ2n) is 3.17. The summed E-state index contributed by atoms with van der Waals surface area (Å²) in [7, 11) is 0. The van der Waals surface area contributed by atoms with Gasteiger partial charge in [-0.15, -0.1) is 0 Å². The summed E-state index contributed by atoms with van der Waals surface area (Å²) in [5.41, 5.74) is 0.523. The van der Waals surface area contributed by atoms with Crippen molar-refractivity contribution in [2.24, 2.45) is 0 Å². The first kappa shape index (κ1) is 10.2. The molecule has 1 heterocycles. The van der Waals surface area contributed by atoms with E-state index in [1.807, 2.05) is 6.07 Å². The van der Waals surface area contributed by atoms with E-state index < -0.39 is 5.82 Å². The van der Waals surface area contributed by atoms with Crippen LogP contribution in [-0.4, -0.2) is 0 Å². The Morgan fingerprint density at radius 2 is 2.06 bits per heavy atom. The van der Waals surface area contributed by atoms with Gasteiger partial charge in [0.15, 0.2) is 0 Å². The van der Waals surface area contributed by atoms with Crippen molar-refractivity contribution < 1.29 is 8.81 Å². The topological polar surface area (TPSA) is 36.9 Å². The molecule has 0 aliphatic rings. The molecule has 0 fully saturated rings. The summed E-state index contributed by atoms with van der Waals surface area (Å²) in [6.45, 7) is 0. The number of hydrogen-bond donors (Lipinski definition) is 0. The zero-order valence-electron chi connectivity index (χ0n) is 8.35. The van der Waals surface area contributed by atoms with Gasteiger partial charge in [0.2, 0.25) is 0 Å². The molecule has 0 saturated heterocycles.